The zero-order chi connectivity index (χ0) is 87.8. The van der Waals surface area contributed by atoms with Crippen LogP contribution >= 0.6 is 63.7 Å². The average molecular weight is 1930 g/mol. The number of carbonyl (C=O) groups excluding carboxylic acids is 9. The van der Waals surface area contributed by atoms with Crippen molar-refractivity contribution in [1.29, 1.82) is 0 Å². The Morgan fingerprint density at radius 1 is 0.462 bits per heavy atom. The average Bonchev–Trinajstić information content (AvgIpc) is 1.70. The summed E-state index contributed by atoms with van der Waals surface area (Å²) in [5, 5.41) is 39.5. The number of aliphatic hydroxyl groups excluding tert-OH is 1. The third-order valence-electron chi connectivity index (χ3n) is 18.6. The van der Waals surface area contributed by atoms with Crippen molar-refractivity contribution in [1.82, 2.24) is 40.0 Å². The maximum atomic E-state index is 13.4. The number of rotatable bonds is 23. The molecule has 4 aromatic rings. The summed E-state index contributed by atoms with van der Waals surface area (Å²) in [5.41, 5.74) is -2.05. The van der Waals surface area contributed by atoms with Crippen LogP contribution in [0.1, 0.15) is 135 Å². The number of halogens is 4. The molecule has 0 spiro atoms. The van der Waals surface area contributed by atoms with E-state index in [0.29, 0.717) is 56.6 Å². The number of ether oxygens (including phenoxy) is 10. The van der Waals surface area contributed by atoms with Crippen LogP contribution in [0.3, 0.4) is 0 Å². The SMILES string of the molecule is C.COC(=O)C[C@H](C(=O)N1C[C@H](COc2cncc(Br)c2)C[C@H]1C(=O)O)C(C)(C)C.COC(=O)C[C@H](C(=O)N1C[C@H](COc2cncc(Br)c2)C[C@H]1C(=O)OC)C(C)(C)C.COC(=O)C[C@H](C(=O)O)C(C)(C)C.COC(=O)[C@@H]1C[C@@H](CO)CN1C(=O)OC(C)(C)C.COC(=O)[C@@H]1C[C@@H](COc2cncc(Br)c2)CN1.Oc1cncc(Br)c1.[Li+].[OH-]. The molecule has 4 aliphatic heterocycles. The molecule has 4 aliphatic rings. The normalized spacial score (nSPS) is 19.1. The van der Waals surface area contributed by atoms with Crippen molar-refractivity contribution in [2.45, 2.75) is 165 Å². The van der Waals surface area contributed by atoms with Gasteiger partial charge in [0, 0.05) is 99.1 Å². The Labute approximate surface area is 742 Å². The van der Waals surface area contributed by atoms with E-state index in [1.165, 1.54) is 63.6 Å². The van der Waals surface area contributed by atoms with E-state index in [4.69, 9.17) is 53.2 Å². The van der Waals surface area contributed by atoms with E-state index in [2.05, 4.69) is 98.4 Å². The summed E-state index contributed by atoms with van der Waals surface area (Å²) in [6.45, 7) is 24.6. The Hall–Kier alpha value is -7.83. The van der Waals surface area contributed by atoms with E-state index in [0.717, 1.165) is 36.6 Å². The summed E-state index contributed by atoms with van der Waals surface area (Å²) >= 11 is 13.1. The fraction of sp³-hybridized carbons (Fsp3) is 0.613. The Balaban J connectivity index is 0.00000146. The molecule has 39 heteroatoms. The molecule has 662 valence electrons. The first kappa shape index (κ1) is 111. The molecule has 0 aromatic carbocycles. The summed E-state index contributed by atoms with van der Waals surface area (Å²) in [6, 6.07) is 4.49. The largest absolute Gasteiger partial charge is 1.00 e. The van der Waals surface area contributed by atoms with Gasteiger partial charge >= 0.3 is 72.7 Å². The molecule has 3 amide bonds. The third kappa shape index (κ3) is 39.3. The van der Waals surface area contributed by atoms with Gasteiger partial charge in [0.25, 0.3) is 0 Å². The van der Waals surface area contributed by atoms with Crippen LogP contribution in [-0.2, 0) is 81.1 Å². The van der Waals surface area contributed by atoms with Crippen molar-refractivity contribution in [3.63, 3.8) is 0 Å². The molecule has 0 saturated carbocycles. The van der Waals surface area contributed by atoms with Crippen LogP contribution in [0.25, 0.3) is 0 Å². The predicted molar refractivity (Wildman–Crippen MR) is 444 cm³/mol. The quantitative estimate of drug-likeness (QED) is 0.0266. The van der Waals surface area contributed by atoms with Crippen molar-refractivity contribution in [2.24, 2.45) is 57.7 Å². The van der Waals surface area contributed by atoms with Crippen molar-refractivity contribution >= 4 is 129 Å². The van der Waals surface area contributed by atoms with Gasteiger partial charge in [-0.05, 0) is 151 Å². The Bertz CT molecular complexity index is 3890. The molecule has 6 N–H and O–H groups in total. The van der Waals surface area contributed by atoms with Crippen molar-refractivity contribution in [2.75, 3.05) is 95.3 Å². The standard InChI is InChI=1S/C21H29BrN2O6.C20H27BrN2O6.C12H15BrN2O3.C12H21NO5.C9H16O4.C5H4BrNO.CH4.Li.H2O/c1-21(2,3)16(8-18(25)28-4)19(26)24-11-13(6-17(24)20(27)29-5)12-30-15-7-14(22)9-23-10-15;1-20(2,3)15(7-17(24)28-4)18(25)23-10-12(5-16(23)19(26)27)11-29-14-6-13(21)8-22-9-14;1-17-12(16)11-2-8(4-15-11)7-18-10-3-9(13)5-14-6-10;1-12(2,3)18-11(16)13-6-8(7-14)5-9(13)10(15)17-4;1-9(2,3)6(8(11)12)5-7(10)13-4;6-4-1-5(8)3-7-2-4;;;/h7,9-10,13,16-17H,6,8,11-12H2,1-5H3;6,8-9,12,15-16H,5,7,10-11H2,1-4H3,(H,26,27);3,5-6,8,11,15H,2,4,7H2,1H3;8-9,14H,5-7H2,1-4H3;6H,5H2,1-4H3,(H,11,12);1-3,8H;1H4;;1H2/q;;;;;;;+1;/p-1/t13-,16-,17+;12-,15-,16+;8-,11+;8-,9+;6-;;;;/m11111..../s1. The van der Waals surface area contributed by atoms with E-state index in [9.17, 15) is 57.8 Å². The van der Waals surface area contributed by atoms with E-state index in [1.807, 2.05) is 47.6 Å². The number of aromatic nitrogens is 4. The monoisotopic (exact) mass is 1930 g/mol. The Morgan fingerprint density at radius 2 is 0.798 bits per heavy atom. The molecule has 11 atom stereocenters. The molecule has 4 aromatic heterocycles. The topological polar surface area (TPSA) is 464 Å². The first-order valence-electron chi connectivity index (χ1n) is 37.0. The molecule has 34 nitrogen and oxygen atoms in total. The van der Waals surface area contributed by atoms with Crippen LogP contribution < -0.4 is 38.4 Å². The van der Waals surface area contributed by atoms with Crippen LogP contribution in [-0.4, -0.2) is 251 Å². The van der Waals surface area contributed by atoms with Gasteiger partial charge in [0.2, 0.25) is 11.8 Å². The van der Waals surface area contributed by atoms with Crippen LogP contribution in [0.15, 0.2) is 91.7 Å². The molecule has 0 radical (unpaired) electrons. The number of hydrogen-bond donors (Lipinski definition) is 5. The summed E-state index contributed by atoms with van der Waals surface area (Å²) in [6.07, 6.45) is 13.9. The van der Waals surface area contributed by atoms with Crippen LogP contribution in [0.5, 0.6) is 23.0 Å². The maximum Gasteiger partial charge on any atom is 1.00 e. The minimum atomic E-state index is -1.06. The van der Waals surface area contributed by atoms with Gasteiger partial charge in [0.15, 0.2) is 0 Å². The van der Waals surface area contributed by atoms with Crippen molar-refractivity contribution < 1.29 is 145 Å². The number of pyridine rings is 4. The van der Waals surface area contributed by atoms with E-state index in [-0.39, 0.29) is 125 Å². The molecular formula is C80H117Br4LiN8O26. The molecule has 8 heterocycles. The minimum absolute atomic E-state index is 0. The molecule has 4 fully saturated rings. The van der Waals surface area contributed by atoms with E-state index >= 15 is 0 Å². The number of aliphatic carboxylic acids is 2. The number of esters is 6. The summed E-state index contributed by atoms with van der Waals surface area (Å²) < 4.78 is 53.9. The minimum Gasteiger partial charge on any atom is -0.870 e. The van der Waals surface area contributed by atoms with Gasteiger partial charge in [-0.25, -0.2) is 19.2 Å². The number of nitrogens with zero attached hydrogens (tertiary/aromatic N) is 7. The van der Waals surface area contributed by atoms with Crippen LogP contribution in [0.4, 0.5) is 4.79 Å². The summed E-state index contributed by atoms with van der Waals surface area (Å²) in [5.74, 6) is -5.13. The molecule has 0 bridgehead atoms. The second-order valence-corrected chi connectivity index (χ2v) is 35.5. The number of methoxy groups -OCH3 is 6. The number of aromatic hydroxyl groups is 1. The van der Waals surface area contributed by atoms with Crippen LogP contribution in [0, 0.1) is 57.7 Å². The van der Waals surface area contributed by atoms with Gasteiger partial charge in [-0.3, -0.25) is 58.4 Å². The number of carbonyl (C=O) groups is 11. The Morgan fingerprint density at radius 3 is 1.12 bits per heavy atom. The second-order valence-electron chi connectivity index (χ2n) is 31.9. The molecule has 4 saturated heterocycles. The summed E-state index contributed by atoms with van der Waals surface area (Å²) in [7, 11) is 7.81. The predicted octanol–water partition coefficient (Wildman–Crippen LogP) is 8.05. The van der Waals surface area contributed by atoms with Gasteiger partial charge in [0.05, 0.1) is 124 Å². The molecule has 0 unspecified atom stereocenters. The zero-order valence-electron chi connectivity index (χ0n) is 70.3. The van der Waals surface area contributed by atoms with E-state index in [1.54, 1.807) is 103 Å². The van der Waals surface area contributed by atoms with Crippen molar-refractivity contribution in [3.05, 3.63) is 91.7 Å². The van der Waals surface area contributed by atoms with Gasteiger partial charge in [-0.1, -0.05) is 69.7 Å². The third-order valence-corrected chi connectivity index (χ3v) is 20.3. The number of nitrogens with one attached hydrogen (secondary N) is 1. The number of carboxylic acids is 2. The molecule has 0 aliphatic carbocycles. The maximum absolute atomic E-state index is 13.4. The van der Waals surface area contributed by atoms with Gasteiger partial charge in [-0.15, -0.1) is 0 Å². The fourth-order valence-electron chi connectivity index (χ4n) is 12.3. The van der Waals surface area contributed by atoms with Gasteiger partial charge in [-0.2, -0.15) is 0 Å². The number of aliphatic hydroxyl groups is 1. The smallest absolute Gasteiger partial charge is 0.870 e. The first-order valence-corrected chi connectivity index (χ1v) is 40.1. The fourth-order valence-corrected chi connectivity index (χ4v) is 13.6. The Kier molecular flexibility index (Phi) is 49.7. The van der Waals surface area contributed by atoms with Crippen LogP contribution in [0.2, 0.25) is 0 Å². The number of carboxylic acid groups (broad SMARTS) is 2. The molecule has 119 heavy (non-hydrogen) atoms. The molecule has 8 rings (SSSR count). The summed E-state index contributed by atoms with van der Waals surface area (Å²) in [4.78, 5) is 151. The second kappa shape index (κ2) is 53.2. The van der Waals surface area contributed by atoms with E-state index < -0.39 is 106 Å². The number of likely N-dealkylation sites (tertiary alicyclic amines) is 3. The van der Waals surface area contributed by atoms with Gasteiger partial charge < -0.3 is 88.4 Å². The first-order chi connectivity index (χ1) is 54.1. The zero-order valence-corrected chi connectivity index (χ0v) is 76.7. The number of hydrogen-bond acceptors (Lipinski definition) is 29. The van der Waals surface area contributed by atoms with Crippen molar-refractivity contribution in [3.8, 4) is 23.0 Å². The number of amides is 3. The van der Waals surface area contributed by atoms with Gasteiger partial charge in [0.1, 0.15) is 52.8 Å². The molecular weight excluding hydrogens is 1820 g/mol.